The number of hydrogen-bond donors (Lipinski definition) is 2. The standard InChI is InChI=1S/C14H18N4O2/c1-18-8-6-10(17-18)5-7-16-14(19)12-9-11(20-2)3-4-13(12)15/h3-4,6,8-9H,5,7,15H2,1-2H3,(H,16,19). The zero-order valence-corrected chi connectivity index (χ0v) is 11.6. The number of carbonyl (C=O) groups is 1. The van der Waals surface area contributed by atoms with Crippen LogP contribution in [0.15, 0.2) is 30.5 Å². The lowest BCUT2D eigenvalue weighted by atomic mass is 10.1. The van der Waals surface area contributed by atoms with E-state index in [0.717, 1.165) is 5.69 Å². The van der Waals surface area contributed by atoms with Gasteiger partial charge in [-0.3, -0.25) is 9.48 Å². The van der Waals surface area contributed by atoms with Gasteiger partial charge < -0.3 is 15.8 Å². The molecule has 0 aliphatic heterocycles. The molecule has 1 aromatic heterocycles. The number of carbonyl (C=O) groups excluding carboxylic acids is 1. The molecular weight excluding hydrogens is 256 g/mol. The molecule has 3 N–H and O–H groups in total. The molecule has 0 fully saturated rings. The predicted molar refractivity (Wildman–Crippen MR) is 76.7 cm³/mol. The second kappa shape index (κ2) is 6.10. The Morgan fingerprint density at radius 3 is 2.90 bits per heavy atom. The first-order chi connectivity index (χ1) is 9.60. The zero-order chi connectivity index (χ0) is 14.5. The highest BCUT2D eigenvalue weighted by molar-refractivity contribution is 5.99. The maximum atomic E-state index is 12.1. The largest absolute Gasteiger partial charge is 0.497 e. The molecule has 2 rings (SSSR count). The van der Waals surface area contributed by atoms with Gasteiger partial charge in [-0.1, -0.05) is 0 Å². The fraction of sp³-hybridized carbons (Fsp3) is 0.286. The van der Waals surface area contributed by atoms with Gasteiger partial charge in [0, 0.05) is 31.9 Å². The first-order valence-corrected chi connectivity index (χ1v) is 6.30. The van der Waals surface area contributed by atoms with Crippen LogP contribution in [0, 0.1) is 0 Å². The summed E-state index contributed by atoms with van der Waals surface area (Å²) in [5, 5.41) is 7.07. The number of rotatable bonds is 5. The van der Waals surface area contributed by atoms with Crippen molar-refractivity contribution in [1.82, 2.24) is 15.1 Å². The second-order valence-electron chi connectivity index (χ2n) is 4.44. The second-order valence-corrected chi connectivity index (χ2v) is 4.44. The van der Waals surface area contributed by atoms with E-state index in [1.807, 2.05) is 19.3 Å². The van der Waals surface area contributed by atoms with Crippen molar-refractivity contribution in [3.63, 3.8) is 0 Å². The number of anilines is 1. The lowest BCUT2D eigenvalue weighted by Crippen LogP contribution is -2.26. The van der Waals surface area contributed by atoms with E-state index in [-0.39, 0.29) is 5.91 Å². The topological polar surface area (TPSA) is 82.2 Å². The van der Waals surface area contributed by atoms with Crippen LogP contribution in [0.2, 0.25) is 0 Å². The average molecular weight is 274 g/mol. The summed E-state index contributed by atoms with van der Waals surface area (Å²) in [6, 6.07) is 6.93. The van der Waals surface area contributed by atoms with Crippen LogP contribution in [0.25, 0.3) is 0 Å². The Labute approximate surface area is 117 Å². The summed E-state index contributed by atoms with van der Waals surface area (Å²) in [4.78, 5) is 12.1. The summed E-state index contributed by atoms with van der Waals surface area (Å²) in [5.74, 6) is 0.395. The van der Waals surface area contributed by atoms with Gasteiger partial charge in [0.1, 0.15) is 5.75 Å². The molecule has 2 aromatic rings. The van der Waals surface area contributed by atoms with Gasteiger partial charge >= 0.3 is 0 Å². The molecule has 0 spiro atoms. The van der Waals surface area contributed by atoms with Crippen LogP contribution in [0.3, 0.4) is 0 Å². The van der Waals surface area contributed by atoms with Gasteiger partial charge in [0.25, 0.3) is 5.91 Å². The maximum Gasteiger partial charge on any atom is 0.253 e. The van der Waals surface area contributed by atoms with Crippen LogP contribution in [0.5, 0.6) is 5.75 Å². The van der Waals surface area contributed by atoms with E-state index < -0.39 is 0 Å². The van der Waals surface area contributed by atoms with Crippen LogP contribution in [-0.4, -0.2) is 29.3 Å². The molecule has 0 saturated carbocycles. The van der Waals surface area contributed by atoms with Crippen LogP contribution < -0.4 is 15.8 Å². The number of nitrogen functional groups attached to an aromatic ring is 1. The highest BCUT2D eigenvalue weighted by atomic mass is 16.5. The normalized spacial score (nSPS) is 10.3. The number of nitrogens with zero attached hydrogens (tertiary/aromatic N) is 2. The van der Waals surface area contributed by atoms with E-state index >= 15 is 0 Å². The fourth-order valence-corrected chi connectivity index (χ4v) is 1.85. The molecule has 0 unspecified atom stereocenters. The number of aromatic nitrogens is 2. The highest BCUT2D eigenvalue weighted by Gasteiger charge is 2.10. The number of methoxy groups -OCH3 is 1. The van der Waals surface area contributed by atoms with E-state index in [1.165, 1.54) is 0 Å². The predicted octanol–water partition coefficient (Wildman–Crippen LogP) is 0.983. The van der Waals surface area contributed by atoms with Crippen LogP contribution in [0.4, 0.5) is 5.69 Å². The van der Waals surface area contributed by atoms with Crippen molar-refractivity contribution in [3.8, 4) is 5.75 Å². The SMILES string of the molecule is COc1ccc(N)c(C(=O)NCCc2ccn(C)n2)c1. The Bertz CT molecular complexity index is 607. The maximum absolute atomic E-state index is 12.1. The molecule has 0 radical (unpaired) electrons. The monoisotopic (exact) mass is 274 g/mol. The quantitative estimate of drug-likeness (QED) is 0.796. The molecule has 0 aliphatic carbocycles. The molecule has 0 bridgehead atoms. The Balaban J connectivity index is 1.94. The Morgan fingerprint density at radius 2 is 2.25 bits per heavy atom. The van der Waals surface area contributed by atoms with E-state index in [2.05, 4.69) is 10.4 Å². The van der Waals surface area contributed by atoms with E-state index in [1.54, 1.807) is 30.0 Å². The van der Waals surface area contributed by atoms with Crippen molar-refractivity contribution in [2.45, 2.75) is 6.42 Å². The molecule has 1 amide bonds. The Kier molecular flexibility index (Phi) is 4.24. The van der Waals surface area contributed by atoms with Crippen molar-refractivity contribution >= 4 is 11.6 Å². The van der Waals surface area contributed by atoms with E-state index in [4.69, 9.17) is 10.5 Å². The number of amides is 1. The molecule has 1 heterocycles. The van der Waals surface area contributed by atoms with Gasteiger partial charge in [-0.2, -0.15) is 5.10 Å². The van der Waals surface area contributed by atoms with Crippen molar-refractivity contribution in [2.75, 3.05) is 19.4 Å². The summed E-state index contributed by atoms with van der Waals surface area (Å²) < 4.78 is 6.82. The summed E-state index contributed by atoms with van der Waals surface area (Å²) in [6.45, 7) is 0.506. The zero-order valence-electron chi connectivity index (χ0n) is 11.6. The lowest BCUT2D eigenvalue weighted by molar-refractivity contribution is 0.0954. The summed E-state index contributed by atoms with van der Waals surface area (Å²) in [7, 11) is 3.41. The third-order valence-corrected chi connectivity index (χ3v) is 2.94. The Hall–Kier alpha value is -2.50. The van der Waals surface area contributed by atoms with Gasteiger partial charge in [0.05, 0.1) is 18.4 Å². The number of hydrogen-bond acceptors (Lipinski definition) is 4. The van der Waals surface area contributed by atoms with Gasteiger partial charge in [0.15, 0.2) is 0 Å². The Morgan fingerprint density at radius 1 is 1.45 bits per heavy atom. The number of nitrogens with one attached hydrogen (secondary N) is 1. The first kappa shape index (κ1) is 13.9. The molecule has 0 atom stereocenters. The average Bonchev–Trinajstić information content (AvgIpc) is 2.85. The van der Waals surface area contributed by atoms with E-state index in [0.29, 0.717) is 30.0 Å². The third-order valence-electron chi connectivity index (χ3n) is 2.94. The molecule has 0 aliphatic rings. The van der Waals surface area contributed by atoms with Crippen LogP contribution in [-0.2, 0) is 13.5 Å². The lowest BCUT2D eigenvalue weighted by Gasteiger charge is -2.08. The molecule has 0 saturated heterocycles. The minimum atomic E-state index is -0.211. The summed E-state index contributed by atoms with van der Waals surface area (Å²) in [5.41, 5.74) is 7.59. The summed E-state index contributed by atoms with van der Waals surface area (Å²) in [6.07, 6.45) is 2.55. The smallest absolute Gasteiger partial charge is 0.253 e. The van der Waals surface area contributed by atoms with Crippen LogP contribution >= 0.6 is 0 Å². The number of ether oxygens (including phenoxy) is 1. The van der Waals surface area contributed by atoms with Crippen LogP contribution in [0.1, 0.15) is 16.1 Å². The first-order valence-electron chi connectivity index (χ1n) is 6.30. The van der Waals surface area contributed by atoms with Gasteiger partial charge in [-0.25, -0.2) is 0 Å². The number of aryl methyl sites for hydroxylation is 1. The van der Waals surface area contributed by atoms with Gasteiger partial charge in [0.2, 0.25) is 0 Å². The minimum Gasteiger partial charge on any atom is -0.497 e. The summed E-state index contributed by atoms with van der Waals surface area (Å²) >= 11 is 0. The number of benzene rings is 1. The van der Waals surface area contributed by atoms with Gasteiger partial charge in [-0.15, -0.1) is 0 Å². The van der Waals surface area contributed by atoms with E-state index in [9.17, 15) is 4.79 Å². The molecule has 106 valence electrons. The van der Waals surface area contributed by atoms with Gasteiger partial charge in [-0.05, 0) is 24.3 Å². The van der Waals surface area contributed by atoms with Crippen molar-refractivity contribution in [3.05, 3.63) is 41.7 Å². The minimum absolute atomic E-state index is 0.211. The molecule has 1 aromatic carbocycles. The molecular formula is C14H18N4O2. The molecule has 6 heteroatoms. The van der Waals surface area contributed by atoms with Crippen molar-refractivity contribution in [1.29, 1.82) is 0 Å². The third kappa shape index (κ3) is 3.28. The fourth-order valence-electron chi connectivity index (χ4n) is 1.85. The van der Waals surface area contributed by atoms with Crippen molar-refractivity contribution < 1.29 is 9.53 Å². The molecule has 20 heavy (non-hydrogen) atoms. The van der Waals surface area contributed by atoms with Crippen molar-refractivity contribution in [2.24, 2.45) is 7.05 Å². The number of nitrogens with two attached hydrogens (primary N) is 1. The molecule has 6 nitrogen and oxygen atoms in total. The highest BCUT2D eigenvalue weighted by Crippen LogP contribution is 2.19.